The fraction of sp³-hybridized carbons (Fsp3) is 0.241. The van der Waals surface area contributed by atoms with E-state index in [1.54, 1.807) is 24.3 Å². The molecule has 0 spiro atoms. The van der Waals surface area contributed by atoms with Crippen LogP contribution < -0.4 is 19.3 Å². The largest absolute Gasteiger partial charge is 0.508 e. The Balaban J connectivity index is 1.69. The van der Waals surface area contributed by atoms with Crippen molar-refractivity contribution < 1.29 is 29.3 Å². The number of carbonyl (C=O) groups excluding carboxylic acids is 2. The lowest BCUT2D eigenvalue weighted by Crippen LogP contribution is -2.29. The lowest BCUT2D eigenvalue weighted by Gasteiger charge is -2.26. The molecule has 2 heterocycles. The average molecular weight is 569 g/mol. The fourth-order valence-electron chi connectivity index (χ4n) is 5.20. The Bertz CT molecular complexity index is 1480. The Morgan fingerprint density at radius 1 is 0.923 bits per heavy atom. The second-order valence-corrected chi connectivity index (χ2v) is 10.0. The summed E-state index contributed by atoms with van der Waals surface area (Å²) in [5, 5.41) is 21.9. The third-order valence-corrected chi connectivity index (χ3v) is 7.65. The summed E-state index contributed by atoms with van der Waals surface area (Å²) in [4.78, 5) is 30.6. The number of Topliss-reactive ketones (excluding diaryl/α,β-unsaturated/α-hetero) is 1. The maximum absolute atomic E-state index is 13.5. The number of halogens is 2. The van der Waals surface area contributed by atoms with Gasteiger partial charge in [0.25, 0.3) is 11.7 Å². The van der Waals surface area contributed by atoms with Gasteiger partial charge in [-0.1, -0.05) is 35.3 Å². The fourth-order valence-corrected chi connectivity index (χ4v) is 5.89. The van der Waals surface area contributed by atoms with Crippen molar-refractivity contribution in [3.05, 3.63) is 81.3 Å². The van der Waals surface area contributed by atoms with Gasteiger partial charge in [0, 0.05) is 24.5 Å². The Kier molecular flexibility index (Phi) is 7.34. The third-order valence-electron chi connectivity index (χ3n) is 7.02. The monoisotopic (exact) mass is 568 g/mol. The molecule has 10 heteroatoms. The van der Waals surface area contributed by atoms with E-state index in [-0.39, 0.29) is 38.4 Å². The molecular formula is C29H26Cl2N2O6. The first-order valence-electron chi connectivity index (χ1n) is 12.3. The summed E-state index contributed by atoms with van der Waals surface area (Å²) in [5.41, 5.74) is 1.72. The van der Waals surface area contributed by atoms with E-state index in [0.717, 1.165) is 31.6 Å². The normalized spacial score (nSPS) is 18.6. The highest BCUT2D eigenvalue weighted by Crippen LogP contribution is 2.48. The van der Waals surface area contributed by atoms with Gasteiger partial charge in [0.05, 0.1) is 36.4 Å². The zero-order chi connectivity index (χ0) is 27.8. The van der Waals surface area contributed by atoms with Gasteiger partial charge in [-0.15, -0.1) is 0 Å². The predicted molar refractivity (Wildman–Crippen MR) is 150 cm³/mol. The number of ketones is 1. The van der Waals surface area contributed by atoms with Crippen molar-refractivity contribution in [2.75, 3.05) is 37.1 Å². The number of hydrogen-bond donors (Lipinski definition) is 2. The molecule has 0 radical (unpaired) electrons. The van der Waals surface area contributed by atoms with E-state index in [0.29, 0.717) is 11.3 Å². The molecule has 1 unspecified atom stereocenters. The first-order valence-corrected chi connectivity index (χ1v) is 13.1. The van der Waals surface area contributed by atoms with Crippen LogP contribution in [0.15, 0.2) is 60.2 Å². The van der Waals surface area contributed by atoms with Crippen LogP contribution in [0.5, 0.6) is 17.2 Å². The highest BCUT2D eigenvalue weighted by Gasteiger charge is 2.47. The molecule has 202 valence electrons. The SMILES string of the molecule is COc1c(Cl)cc(/C(O)=C2\C(=O)C(=O)N(c3ccc(N4CCCC4)cc3)C2c2cccc(O)c2)c(OC)c1Cl. The van der Waals surface area contributed by atoms with Crippen LogP contribution in [0, 0.1) is 0 Å². The molecule has 8 nitrogen and oxygen atoms in total. The molecular weight excluding hydrogens is 543 g/mol. The number of anilines is 2. The molecule has 2 saturated heterocycles. The predicted octanol–water partition coefficient (Wildman–Crippen LogP) is 5.94. The highest BCUT2D eigenvalue weighted by molar-refractivity contribution is 6.52. The zero-order valence-corrected chi connectivity index (χ0v) is 22.8. The van der Waals surface area contributed by atoms with E-state index in [2.05, 4.69) is 4.90 Å². The maximum atomic E-state index is 13.5. The molecule has 0 bridgehead atoms. The Morgan fingerprint density at radius 2 is 1.56 bits per heavy atom. The van der Waals surface area contributed by atoms with Crippen LogP contribution in [-0.2, 0) is 9.59 Å². The van der Waals surface area contributed by atoms with Crippen LogP contribution in [0.3, 0.4) is 0 Å². The number of aliphatic hydroxyl groups is 1. The maximum Gasteiger partial charge on any atom is 0.300 e. The number of ether oxygens (including phenoxy) is 2. The van der Waals surface area contributed by atoms with Gasteiger partial charge in [-0.2, -0.15) is 0 Å². The number of rotatable bonds is 6. The lowest BCUT2D eigenvalue weighted by molar-refractivity contribution is -0.132. The Labute approximate surface area is 235 Å². The van der Waals surface area contributed by atoms with E-state index >= 15 is 0 Å². The minimum absolute atomic E-state index is 0.00492. The number of hydrogen-bond acceptors (Lipinski definition) is 7. The molecule has 3 aromatic rings. The molecule has 0 saturated carbocycles. The minimum atomic E-state index is -1.06. The van der Waals surface area contributed by atoms with Crippen LogP contribution in [0.25, 0.3) is 5.76 Å². The van der Waals surface area contributed by atoms with Crippen LogP contribution in [0.1, 0.15) is 30.0 Å². The first-order chi connectivity index (χ1) is 18.8. The van der Waals surface area contributed by atoms with Gasteiger partial charge in [0.2, 0.25) is 0 Å². The van der Waals surface area contributed by atoms with Crippen LogP contribution in [0.2, 0.25) is 10.0 Å². The summed E-state index contributed by atoms with van der Waals surface area (Å²) < 4.78 is 10.7. The standard InChI is InChI=1S/C29H26Cl2N2O6/c1-38-27-20(15-21(30)28(39-2)23(27)31)25(35)22-24(16-6-5-7-19(34)14-16)33(29(37)26(22)36)18-10-8-17(9-11-18)32-12-3-4-13-32/h5-11,14-15,24,34-35H,3-4,12-13H2,1-2H3/b25-22+. The quantitative estimate of drug-likeness (QED) is 0.215. The molecule has 1 atom stereocenters. The number of benzene rings is 3. The average Bonchev–Trinajstić information content (AvgIpc) is 3.55. The van der Waals surface area contributed by atoms with Crippen molar-refractivity contribution in [3.63, 3.8) is 0 Å². The summed E-state index contributed by atoms with van der Waals surface area (Å²) in [6.07, 6.45) is 2.24. The second-order valence-electron chi connectivity index (χ2n) is 9.26. The van der Waals surface area contributed by atoms with Gasteiger partial charge in [-0.3, -0.25) is 14.5 Å². The third kappa shape index (κ3) is 4.64. The van der Waals surface area contributed by atoms with Crippen molar-refractivity contribution in [1.29, 1.82) is 0 Å². The first kappa shape index (κ1) is 26.7. The van der Waals surface area contributed by atoms with Gasteiger partial charge in [0.1, 0.15) is 16.5 Å². The molecule has 2 N–H and O–H groups in total. The molecule has 2 aliphatic heterocycles. The molecule has 2 fully saturated rings. The van der Waals surface area contributed by atoms with Crippen LogP contribution in [-0.4, -0.2) is 49.2 Å². The summed E-state index contributed by atoms with van der Waals surface area (Å²) in [6, 6.07) is 13.9. The Hall–Kier alpha value is -3.88. The van der Waals surface area contributed by atoms with Gasteiger partial charge in [-0.25, -0.2) is 0 Å². The molecule has 2 aliphatic rings. The number of nitrogens with zero attached hydrogens (tertiary/aromatic N) is 2. The van der Waals surface area contributed by atoms with E-state index < -0.39 is 23.5 Å². The van der Waals surface area contributed by atoms with Crippen molar-refractivity contribution >= 4 is 52.0 Å². The highest BCUT2D eigenvalue weighted by atomic mass is 35.5. The van der Waals surface area contributed by atoms with E-state index in [4.69, 9.17) is 32.7 Å². The molecule has 1 amide bonds. The number of aliphatic hydroxyl groups excluding tert-OH is 1. The van der Waals surface area contributed by atoms with Crippen molar-refractivity contribution in [1.82, 2.24) is 0 Å². The van der Waals surface area contributed by atoms with Crippen molar-refractivity contribution in [3.8, 4) is 17.2 Å². The van der Waals surface area contributed by atoms with Crippen LogP contribution >= 0.6 is 23.2 Å². The summed E-state index contributed by atoms with van der Waals surface area (Å²) in [6.45, 7) is 1.92. The topological polar surface area (TPSA) is 99.5 Å². The van der Waals surface area contributed by atoms with E-state index in [9.17, 15) is 19.8 Å². The summed E-state index contributed by atoms with van der Waals surface area (Å²) in [7, 11) is 2.73. The number of aromatic hydroxyl groups is 1. The lowest BCUT2D eigenvalue weighted by atomic mass is 9.94. The second kappa shape index (κ2) is 10.7. The molecule has 39 heavy (non-hydrogen) atoms. The summed E-state index contributed by atoms with van der Waals surface area (Å²) >= 11 is 12.8. The van der Waals surface area contributed by atoms with Gasteiger partial charge < -0.3 is 24.6 Å². The van der Waals surface area contributed by atoms with E-state index in [1.165, 1.54) is 37.3 Å². The minimum Gasteiger partial charge on any atom is -0.508 e. The van der Waals surface area contributed by atoms with Crippen molar-refractivity contribution in [2.45, 2.75) is 18.9 Å². The number of amides is 1. The number of carbonyl (C=O) groups is 2. The Morgan fingerprint density at radius 3 is 2.18 bits per heavy atom. The molecule has 5 rings (SSSR count). The molecule has 3 aromatic carbocycles. The molecule has 0 aliphatic carbocycles. The van der Waals surface area contributed by atoms with Gasteiger partial charge >= 0.3 is 0 Å². The number of phenolic OH excluding ortho intramolecular Hbond substituents is 1. The summed E-state index contributed by atoms with van der Waals surface area (Å²) in [5.74, 6) is -2.17. The number of methoxy groups -OCH3 is 2. The number of phenols is 1. The van der Waals surface area contributed by atoms with Crippen molar-refractivity contribution in [2.24, 2.45) is 0 Å². The molecule has 0 aromatic heterocycles. The van der Waals surface area contributed by atoms with Gasteiger partial charge in [-0.05, 0) is 60.9 Å². The smallest absolute Gasteiger partial charge is 0.300 e. The van der Waals surface area contributed by atoms with Crippen LogP contribution in [0.4, 0.5) is 11.4 Å². The van der Waals surface area contributed by atoms with Gasteiger partial charge in [0.15, 0.2) is 11.5 Å². The van der Waals surface area contributed by atoms with E-state index in [1.807, 2.05) is 12.1 Å². The zero-order valence-electron chi connectivity index (χ0n) is 21.3.